The molecule has 1 aromatic heterocycles. The Balaban J connectivity index is 2.01. The predicted molar refractivity (Wildman–Crippen MR) is 82.6 cm³/mol. The maximum Gasteiger partial charge on any atom is 0.137 e. The molecule has 2 aromatic rings. The van der Waals surface area contributed by atoms with Gasteiger partial charge in [0.15, 0.2) is 0 Å². The van der Waals surface area contributed by atoms with Crippen LogP contribution in [0.3, 0.4) is 0 Å². The Labute approximate surface area is 125 Å². The van der Waals surface area contributed by atoms with E-state index in [0.717, 1.165) is 21.5 Å². The van der Waals surface area contributed by atoms with E-state index in [4.69, 9.17) is 10.5 Å². The highest BCUT2D eigenvalue weighted by Crippen LogP contribution is 2.30. The molecule has 2 rings (SSSR count). The highest BCUT2D eigenvalue weighted by molar-refractivity contribution is 9.10. The second-order valence-corrected chi connectivity index (χ2v) is 5.92. The Morgan fingerprint density at radius 2 is 2.16 bits per heavy atom. The number of nitrogens with two attached hydrogens (primary N) is 1. The lowest BCUT2D eigenvalue weighted by atomic mass is 10.1. The van der Waals surface area contributed by atoms with Gasteiger partial charge in [-0.1, -0.05) is 12.1 Å². The molecular formula is C14H15BrN2OS. The van der Waals surface area contributed by atoms with Crippen molar-refractivity contribution in [2.24, 2.45) is 5.73 Å². The second kappa shape index (κ2) is 6.93. The summed E-state index contributed by atoms with van der Waals surface area (Å²) in [7, 11) is 1.63. The summed E-state index contributed by atoms with van der Waals surface area (Å²) in [4.78, 5) is 5.31. The van der Waals surface area contributed by atoms with Gasteiger partial charge in [-0.3, -0.25) is 4.98 Å². The van der Waals surface area contributed by atoms with Gasteiger partial charge < -0.3 is 10.5 Å². The summed E-state index contributed by atoms with van der Waals surface area (Å²) < 4.78 is 6.25. The Kier molecular flexibility index (Phi) is 5.24. The predicted octanol–water partition coefficient (Wildman–Crippen LogP) is 3.64. The van der Waals surface area contributed by atoms with Crippen LogP contribution in [-0.2, 0) is 0 Å². The number of benzene rings is 1. The van der Waals surface area contributed by atoms with Crippen LogP contribution in [0.4, 0.5) is 0 Å². The fourth-order valence-corrected chi connectivity index (χ4v) is 3.15. The molecule has 0 aliphatic rings. The Morgan fingerprint density at radius 1 is 1.37 bits per heavy atom. The van der Waals surface area contributed by atoms with E-state index >= 15 is 0 Å². The van der Waals surface area contributed by atoms with Crippen LogP contribution in [0, 0.1) is 0 Å². The van der Waals surface area contributed by atoms with E-state index in [2.05, 4.69) is 27.0 Å². The molecule has 1 aromatic carbocycles. The lowest BCUT2D eigenvalue weighted by molar-refractivity contribution is 0.412. The number of rotatable bonds is 5. The molecule has 2 N–H and O–H groups in total. The number of hydrogen-bond donors (Lipinski definition) is 1. The number of aromatic nitrogens is 1. The molecule has 0 aliphatic carbocycles. The van der Waals surface area contributed by atoms with Crippen molar-refractivity contribution < 1.29 is 4.74 Å². The van der Waals surface area contributed by atoms with E-state index in [9.17, 15) is 0 Å². The van der Waals surface area contributed by atoms with Crippen LogP contribution >= 0.6 is 27.7 Å². The summed E-state index contributed by atoms with van der Waals surface area (Å²) in [6.07, 6.45) is 3.46. The minimum atomic E-state index is -0.0697. The maximum absolute atomic E-state index is 6.18. The van der Waals surface area contributed by atoms with Crippen molar-refractivity contribution in [3.63, 3.8) is 0 Å². The first-order valence-corrected chi connectivity index (χ1v) is 7.60. The molecule has 0 spiro atoms. The fraction of sp³-hybridized carbons (Fsp3) is 0.214. The van der Waals surface area contributed by atoms with Crippen molar-refractivity contribution in [2.75, 3.05) is 12.9 Å². The average molecular weight is 339 g/mol. The number of nitrogens with zero attached hydrogens (tertiary/aromatic N) is 1. The van der Waals surface area contributed by atoms with Crippen molar-refractivity contribution in [3.05, 3.63) is 52.8 Å². The van der Waals surface area contributed by atoms with Gasteiger partial charge in [0.2, 0.25) is 0 Å². The topological polar surface area (TPSA) is 48.1 Å². The van der Waals surface area contributed by atoms with Gasteiger partial charge >= 0.3 is 0 Å². The number of ether oxygens (including phenoxy) is 1. The van der Waals surface area contributed by atoms with Crippen molar-refractivity contribution in [3.8, 4) is 5.75 Å². The standard InChI is InChI=1S/C14H15BrN2OS/c1-18-11-6-10(7-17-8-11)13(16)9-19-14-5-3-2-4-12(14)15/h2-8,13H,9,16H2,1H3. The third-order valence-electron chi connectivity index (χ3n) is 2.65. The van der Waals surface area contributed by atoms with Crippen molar-refractivity contribution in [1.29, 1.82) is 0 Å². The minimum absolute atomic E-state index is 0.0697. The van der Waals surface area contributed by atoms with Gasteiger partial charge in [-0.15, -0.1) is 11.8 Å². The number of methoxy groups -OCH3 is 1. The smallest absolute Gasteiger partial charge is 0.137 e. The van der Waals surface area contributed by atoms with Crippen LogP contribution in [0.1, 0.15) is 11.6 Å². The lowest BCUT2D eigenvalue weighted by Crippen LogP contribution is -2.13. The molecule has 0 amide bonds. The highest BCUT2D eigenvalue weighted by atomic mass is 79.9. The van der Waals surface area contributed by atoms with Crippen LogP contribution in [0.2, 0.25) is 0 Å². The summed E-state index contributed by atoms with van der Waals surface area (Å²) in [5.74, 6) is 1.52. The van der Waals surface area contributed by atoms with Gasteiger partial charge in [0.25, 0.3) is 0 Å². The first-order valence-electron chi connectivity index (χ1n) is 5.82. The molecule has 0 saturated heterocycles. The maximum atomic E-state index is 6.18. The first kappa shape index (κ1) is 14.4. The van der Waals surface area contributed by atoms with E-state index in [1.54, 1.807) is 31.3 Å². The van der Waals surface area contributed by atoms with Crippen LogP contribution in [-0.4, -0.2) is 17.8 Å². The van der Waals surface area contributed by atoms with Gasteiger partial charge in [-0.05, 0) is 39.7 Å². The molecule has 0 aliphatic heterocycles. The zero-order valence-electron chi connectivity index (χ0n) is 10.5. The van der Waals surface area contributed by atoms with E-state index < -0.39 is 0 Å². The molecule has 5 heteroatoms. The van der Waals surface area contributed by atoms with Crippen LogP contribution in [0.15, 0.2) is 52.1 Å². The molecule has 1 heterocycles. The van der Waals surface area contributed by atoms with Gasteiger partial charge in [0, 0.05) is 27.4 Å². The van der Waals surface area contributed by atoms with E-state index in [0.29, 0.717) is 0 Å². The summed E-state index contributed by atoms with van der Waals surface area (Å²) in [6.45, 7) is 0. The monoisotopic (exact) mass is 338 g/mol. The molecule has 1 atom stereocenters. The SMILES string of the molecule is COc1cncc(C(N)CSc2ccccc2Br)c1. The third kappa shape index (κ3) is 3.96. The third-order valence-corrected chi connectivity index (χ3v) is 4.80. The van der Waals surface area contributed by atoms with E-state index in [1.165, 1.54) is 4.90 Å². The van der Waals surface area contributed by atoms with E-state index in [-0.39, 0.29) is 6.04 Å². The van der Waals surface area contributed by atoms with Crippen LogP contribution < -0.4 is 10.5 Å². The normalized spacial score (nSPS) is 12.2. The number of halogens is 1. The molecular weight excluding hydrogens is 324 g/mol. The first-order chi connectivity index (χ1) is 9.20. The summed E-state index contributed by atoms with van der Waals surface area (Å²) in [5.41, 5.74) is 7.17. The Hall–Kier alpha value is -1.04. The Bertz CT molecular complexity index is 550. The second-order valence-electron chi connectivity index (χ2n) is 4.01. The van der Waals surface area contributed by atoms with Crippen molar-refractivity contribution >= 4 is 27.7 Å². The Morgan fingerprint density at radius 3 is 2.89 bits per heavy atom. The molecule has 0 radical (unpaired) electrons. The van der Waals surface area contributed by atoms with Crippen LogP contribution in [0.25, 0.3) is 0 Å². The van der Waals surface area contributed by atoms with Crippen molar-refractivity contribution in [2.45, 2.75) is 10.9 Å². The summed E-state index contributed by atoms with van der Waals surface area (Å²) in [6, 6.07) is 9.98. The van der Waals surface area contributed by atoms with E-state index in [1.807, 2.05) is 24.3 Å². The zero-order valence-corrected chi connectivity index (χ0v) is 12.9. The lowest BCUT2D eigenvalue weighted by Gasteiger charge is -2.12. The van der Waals surface area contributed by atoms with Gasteiger partial charge in [-0.25, -0.2) is 0 Å². The molecule has 100 valence electrons. The molecule has 0 bridgehead atoms. The van der Waals surface area contributed by atoms with Crippen LogP contribution in [0.5, 0.6) is 5.75 Å². The quantitative estimate of drug-likeness (QED) is 0.845. The highest BCUT2D eigenvalue weighted by Gasteiger charge is 2.09. The molecule has 3 nitrogen and oxygen atoms in total. The van der Waals surface area contributed by atoms with Crippen molar-refractivity contribution in [1.82, 2.24) is 4.98 Å². The summed E-state index contributed by atoms with van der Waals surface area (Å²) in [5, 5.41) is 0. The average Bonchev–Trinajstić information content (AvgIpc) is 2.46. The van der Waals surface area contributed by atoms with Gasteiger partial charge in [0.05, 0.1) is 13.3 Å². The number of hydrogen-bond acceptors (Lipinski definition) is 4. The van der Waals surface area contributed by atoms with Gasteiger partial charge in [0.1, 0.15) is 5.75 Å². The minimum Gasteiger partial charge on any atom is -0.495 e. The fourth-order valence-electron chi connectivity index (χ4n) is 1.59. The number of pyridine rings is 1. The molecule has 1 unspecified atom stereocenters. The largest absolute Gasteiger partial charge is 0.495 e. The summed E-state index contributed by atoms with van der Waals surface area (Å²) >= 11 is 5.25. The molecule has 0 saturated carbocycles. The molecule has 19 heavy (non-hydrogen) atoms. The zero-order chi connectivity index (χ0) is 13.7. The van der Waals surface area contributed by atoms with Gasteiger partial charge in [-0.2, -0.15) is 0 Å². The molecule has 0 fully saturated rings. The number of thioether (sulfide) groups is 1.